The lowest BCUT2D eigenvalue weighted by Crippen LogP contribution is -1.97. The molecule has 3 N–H and O–H groups in total. The molecule has 0 saturated carbocycles. The molecule has 0 unspecified atom stereocenters. The van der Waals surface area contributed by atoms with E-state index in [-0.39, 0.29) is 0 Å². The van der Waals surface area contributed by atoms with Crippen LogP contribution >= 0.6 is 11.6 Å². The molecule has 1 aromatic carbocycles. The first-order valence-corrected chi connectivity index (χ1v) is 5.80. The third kappa shape index (κ3) is 2.65. The maximum Gasteiger partial charge on any atom is 0.139 e. The summed E-state index contributed by atoms with van der Waals surface area (Å²) >= 11 is 5.96. The van der Waals surface area contributed by atoms with Crippen LogP contribution in [-0.4, -0.2) is 12.1 Å². The van der Waals surface area contributed by atoms with Crippen LogP contribution < -0.4 is 15.8 Å². The van der Waals surface area contributed by atoms with E-state index in [0.717, 1.165) is 11.3 Å². The molecular weight excluding hydrogens is 250 g/mol. The van der Waals surface area contributed by atoms with Crippen LogP contribution in [0.25, 0.3) is 0 Å². The molecule has 0 atom stereocenters. The average molecular weight is 264 g/mol. The minimum atomic E-state index is 0.569. The van der Waals surface area contributed by atoms with Crippen LogP contribution in [0.3, 0.4) is 0 Å². The van der Waals surface area contributed by atoms with Crippen molar-refractivity contribution >= 4 is 28.8 Å². The lowest BCUT2D eigenvalue weighted by molar-refractivity contribution is 0.415. The summed E-state index contributed by atoms with van der Waals surface area (Å²) in [6.07, 6.45) is 1.73. The van der Waals surface area contributed by atoms with E-state index in [0.29, 0.717) is 22.3 Å². The molecule has 0 spiro atoms. The van der Waals surface area contributed by atoms with Crippen molar-refractivity contribution in [1.82, 2.24) is 4.98 Å². The average Bonchev–Trinajstić information content (AvgIpc) is 2.36. The first kappa shape index (κ1) is 12.5. The summed E-state index contributed by atoms with van der Waals surface area (Å²) in [6.45, 7) is 1.91. The van der Waals surface area contributed by atoms with Crippen molar-refractivity contribution in [3.05, 3.63) is 41.0 Å². The van der Waals surface area contributed by atoms with Crippen LogP contribution in [0, 0.1) is 6.92 Å². The number of methoxy groups -OCH3 is 1. The molecule has 0 aliphatic rings. The summed E-state index contributed by atoms with van der Waals surface area (Å²) in [5, 5.41) is 3.71. The van der Waals surface area contributed by atoms with Crippen molar-refractivity contribution in [3.63, 3.8) is 0 Å². The number of nitrogens with zero attached hydrogens (tertiary/aromatic N) is 1. The summed E-state index contributed by atoms with van der Waals surface area (Å²) < 4.78 is 5.15. The maximum absolute atomic E-state index is 5.96. The molecule has 0 bridgehead atoms. The van der Waals surface area contributed by atoms with Gasteiger partial charge in [-0.15, -0.1) is 0 Å². The highest BCUT2D eigenvalue weighted by Gasteiger charge is 2.03. The van der Waals surface area contributed by atoms with E-state index in [1.807, 2.05) is 13.0 Å². The Hall–Kier alpha value is -1.94. The minimum Gasteiger partial charge on any atom is -0.495 e. The number of nitrogens with one attached hydrogen (secondary N) is 1. The second-order valence-corrected chi connectivity index (χ2v) is 4.31. The molecule has 18 heavy (non-hydrogen) atoms. The Morgan fingerprint density at radius 2 is 2.11 bits per heavy atom. The number of aryl methyl sites for hydroxylation is 1. The fraction of sp³-hybridized carbons (Fsp3) is 0.154. The van der Waals surface area contributed by atoms with Gasteiger partial charge in [0.1, 0.15) is 11.6 Å². The topological polar surface area (TPSA) is 60.2 Å². The number of ether oxygens (including phenoxy) is 1. The molecule has 0 fully saturated rings. The van der Waals surface area contributed by atoms with Crippen LogP contribution in [0.1, 0.15) is 5.56 Å². The van der Waals surface area contributed by atoms with Crippen molar-refractivity contribution in [3.8, 4) is 5.75 Å². The largest absolute Gasteiger partial charge is 0.495 e. The van der Waals surface area contributed by atoms with Crippen LogP contribution in [0.15, 0.2) is 30.5 Å². The van der Waals surface area contributed by atoms with Crippen molar-refractivity contribution in [2.24, 2.45) is 0 Å². The number of hydrogen-bond acceptors (Lipinski definition) is 4. The molecule has 0 aliphatic heterocycles. The van der Waals surface area contributed by atoms with E-state index in [1.54, 1.807) is 31.5 Å². The number of halogens is 1. The smallest absolute Gasteiger partial charge is 0.139 e. The van der Waals surface area contributed by atoms with Gasteiger partial charge in [0.05, 0.1) is 12.1 Å². The maximum atomic E-state index is 5.96. The summed E-state index contributed by atoms with van der Waals surface area (Å²) in [5.41, 5.74) is 8.32. The van der Waals surface area contributed by atoms with E-state index >= 15 is 0 Å². The van der Waals surface area contributed by atoms with Crippen LogP contribution in [0.2, 0.25) is 5.02 Å². The fourth-order valence-electron chi connectivity index (χ4n) is 1.49. The number of hydrogen-bond donors (Lipinski definition) is 2. The Kier molecular flexibility index (Phi) is 3.58. The van der Waals surface area contributed by atoms with Crippen molar-refractivity contribution in [1.29, 1.82) is 0 Å². The van der Waals surface area contributed by atoms with Crippen molar-refractivity contribution < 1.29 is 4.74 Å². The standard InChI is InChI=1S/C13H14ClN3O/c1-8-7-16-13(6-11(8)15)17-9-3-4-10(14)12(5-9)18-2/h3-7H,1-2H3,(H3,15,16,17). The Labute approximate surface area is 111 Å². The molecule has 2 aromatic rings. The quantitative estimate of drug-likeness (QED) is 0.891. The third-order valence-corrected chi connectivity index (χ3v) is 2.88. The molecule has 1 aromatic heterocycles. The van der Waals surface area contributed by atoms with E-state index in [2.05, 4.69) is 10.3 Å². The van der Waals surface area contributed by atoms with Gasteiger partial charge in [-0.3, -0.25) is 0 Å². The molecule has 0 aliphatic carbocycles. The van der Waals surface area contributed by atoms with Gasteiger partial charge < -0.3 is 15.8 Å². The normalized spacial score (nSPS) is 10.2. The predicted molar refractivity (Wildman–Crippen MR) is 74.7 cm³/mol. The highest BCUT2D eigenvalue weighted by atomic mass is 35.5. The van der Waals surface area contributed by atoms with Crippen molar-refractivity contribution in [2.45, 2.75) is 6.92 Å². The minimum absolute atomic E-state index is 0.569. The zero-order valence-electron chi connectivity index (χ0n) is 10.2. The van der Waals surface area contributed by atoms with Gasteiger partial charge in [-0.1, -0.05) is 11.6 Å². The zero-order chi connectivity index (χ0) is 13.1. The number of aromatic nitrogens is 1. The molecule has 1 heterocycles. The molecule has 0 saturated heterocycles. The van der Waals surface area contributed by atoms with Gasteiger partial charge in [0.2, 0.25) is 0 Å². The first-order chi connectivity index (χ1) is 8.60. The molecule has 94 valence electrons. The van der Waals surface area contributed by atoms with Gasteiger partial charge >= 0.3 is 0 Å². The number of rotatable bonds is 3. The third-order valence-electron chi connectivity index (χ3n) is 2.57. The number of pyridine rings is 1. The van der Waals surface area contributed by atoms with E-state index in [1.165, 1.54) is 0 Å². The Balaban J connectivity index is 2.25. The summed E-state index contributed by atoms with van der Waals surface area (Å²) in [5.74, 6) is 1.30. The van der Waals surface area contributed by atoms with Crippen LogP contribution in [-0.2, 0) is 0 Å². The van der Waals surface area contributed by atoms with Crippen LogP contribution in [0.5, 0.6) is 5.75 Å². The zero-order valence-corrected chi connectivity index (χ0v) is 11.0. The lowest BCUT2D eigenvalue weighted by atomic mass is 10.2. The highest BCUT2D eigenvalue weighted by molar-refractivity contribution is 6.32. The molecule has 2 rings (SSSR count). The predicted octanol–water partition coefficient (Wildman–Crippen LogP) is 3.38. The van der Waals surface area contributed by atoms with Gasteiger partial charge in [-0.25, -0.2) is 4.98 Å². The number of nitrogens with two attached hydrogens (primary N) is 1. The summed E-state index contributed by atoms with van der Waals surface area (Å²) in [6, 6.07) is 7.21. The Bertz CT molecular complexity index is 572. The van der Waals surface area contributed by atoms with Gasteiger partial charge in [-0.05, 0) is 24.6 Å². The second-order valence-electron chi connectivity index (χ2n) is 3.90. The van der Waals surface area contributed by atoms with E-state index in [4.69, 9.17) is 22.1 Å². The molecule has 0 radical (unpaired) electrons. The van der Waals surface area contributed by atoms with Crippen molar-refractivity contribution in [2.75, 3.05) is 18.2 Å². The van der Waals surface area contributed by atoms with E-state index in [9.17, 15) is 0 Å². The fourth-order valence-corrected chi connectivity index (χ4v) is 1.69. The van der Waals surface area contributed by atoms with Gasteiger partial charge in [0, 0.05) is 29.7 Å². The highest BCUT2D eigenvalue weighted by Crippen LogP contribution is 2.29. The lowest BCUT2D eigenvalue weighted by Gasteiger charge is -2.09. The molecular formula is C13H14ClN3O. The Morgan fingerprint density at radius 3 is 2.78 bits per heavy atom. The van der Waals surface area contributed by atoms with Crippen LogP contribution in [0.4, 0.5) is 17.2 Å². The monoisotopic (exact) mass is 263 g/mol. The Morgan fingerprint density at radius 1 is 1.33 bits per heavy atom. The van der Waals surface area contributed by atoms with Gasteiger partial charge in [0.25, 0.3) is 0 Å². The number of benzene rings is 1. The van der Waals surface area contributed by atoms with Gasteiger partial charge in [-0.2, -0.15) is 0 Å². The summed E-state index contributed by atoms with van der Waals surface area (Å²) in [7, 11) is 1.58. The van der Waals surface area contributed by atoms with E-state index < -0.39 is 0 Å². The SMILES string of the molecule is COc1cc(Nc2cc(N)c(C)cn2)ccc1Cl. The molecule has 4 nitrogen and oxygen atoms in total. The number of anilines is 3. The second kappa shape index (κ2) is 5.14. The molecule has 0 amide bonds. The van der Waals surface area contributed by atoms with Gasteiger partial charge in [0.15, 0.2) is 0 Å². The summed E-state index contributed by atoms with van der Waals surface area (Å²) in [4.78, 5) is 4.25. The number of nitrogen functional groups attached to an aromatic ring is 1. The first-order valence-electron chi connectivity index (χ1n) is 5.43. The molecule has 5 heteroatoms.